The van der Waals surface area contributed by atoms with Gasteiger partial charge in [-0.15, -0.1) is 0 Å². The summed E-state index contributed by atoms with van der Waals surface area (Å²) in [7, 11) is 0. The van der Waals surface area contributed by atoms with Crippen LogP contribution in [-0.4, -0.2) is 47.8 Å². The van der Waals surface area contributed by atoms with Crippen LogP contribution in [0.3, 0.4) is 0 Å². The standard InChI is InChI=1S/C21H16N4O7S2/c1-3-33-22-19(26)18(20(27)23(21(22)28)34-4-2)17-13-7-5-11(24(29)30)9-15(13)16-10-12(25(31)32)6-8-14(16)17/h5-10H,3-4H2,1-2H3. The van der Waals surface area contributed by atoms with Gasteiger partial charge in [0.2, 0.25) is 0 Å². The summed E-state index contributed by atoms with van der Waals surface area (Å²) in [5.74, 6) is -0.824. The van der Waals surface area contributed by atoms with Crippen LogP contribution in [0.25, 0.3) is 16.7 Å². The number of urea groups is 1. The van der Waals surface area contributed by atoms with E-state index in [1.807, 2.05) is 0 Å². The Balaban J connectivity index is 2.05. The van der Waals surface area contributed by atoms with E-state index < -0.39 is 27.7 Å². The summed E-state index contributed by atoms with van der Waals surface area (Å²) in [5.41, 5.74) is 0.681. The number of amides is 4. The van der Waals surface area contributed by atoms with Gasteiger partial charge >= 0.3 is 6.03 Å². The lowest BCUT2D eigenvalue weighted by Gasteiger charge is -2.32. The number of fused-ring (bicyclic) bond motifs is 3. The molecule has 0 N–H and O–H groups in total. The number of carbonyl (C=O) groups is 3. The molecule has 1 heterocycles. The molecule has 0 unspecified atom stereocenters. The van der Waals surface area contributed by atoms with Crippen molar-refractivity contribution in [2.24, 2.45) is 0 Å². The van der Waals surface area contributed by atoms with Crippen LogP contribution >= 0.6 is 23.9 Å². The summed E-state index contributed by atoms with van der Waals surface area (Å²) in [6.45, 7) is 3.51. The summed E-state index contributed by atoms with van der Waals surface area (Å²) in [4.78, 5) is 61.1. The third kappa shape index (κ3) is 3.62. The van der Waals surface area contributed by atoms with Crippen molar-refractivity contribution < 1.29 is 24.2 Å². The highest BCUT2D eigenvalue weighted by atomic mass is 32.2. The Bertz CT molecular complexity index is 1230. The molecular formula is C21H16N4O7S2. The number of benzene rings is 2. The lowest BCUT2D eigenvalue weighted by Crippen LogP contribution is -2.51. The molecule has 1 aliphatic carbocycles. The highest BCUT2D eigenvalue weighted by Crippen LogP contribution is 2.49. The third-order valence-corrected chi connectivity index (χ3v) is 6.84. The smallest absolute Gasteiger partial charge is 0.267 e. The van der Waals surface area contributed by atoms with Crippen molar-refractivity contribution in [1.82, 2.24) is 8.61 Å². The number of imide groups is 2. The van der Waals surface area contributed by atoms with E-state index in [0.29, 0.717) is 22.6 Å². The van der Waals surface area contributed by atoms with Crippen LogP contribution in [-0.2, 0) is 9.59 Å². The second-order valence-electron chi connectivity index (χ2n) is 7.04. The minimum Gasteiger partial charge on any atom is -0.267 e. The quantitative estimate of drug-likeness (QED) is 0.158. The molecule has 0 atom stereocenters. The van der Waals surface area contributed by atoms with Crippen molar-refractivity contribution in [3.8, 4) is 11.1 Å². The first-order valence-electron chi connectivity index (χ1n) is 10.0. The maximum absolute atomic E-state index is 13.4. The van der Waals surface area contributed by atoms with Crippen molar-refractivity contribution in [3.63, 3.8) is 0 Å². The van der Waals surface area contributed by atoms with E-state index in [-0.39, 0.29) is 33.6 Å². The van der Waals surface area contributed by atoms with Gasteiger partial charge in [-0.25, -0.2) is 4.79 Å². The second-order valence-corrected chi connectivity index (χ2v) is 9.44. The van der Waals surface area contributed by atoms with Crippen molar-refractivity contribution in [2.75, 3.05) is 11.5 Å². The summed E-state index contributed by atoms with van der Waals surface area (Å²) in [6, 6.07) is 7.04. The maximum atomic E-state index is 13.4. The van der Waals surface area contributed by atoms with Gasteiger partial charge in [0.1, 0.15) is 5.57 Å². The van der Waals surface area contributed by atoms with Gasteiger partial charge in [0.05, 0.1) is 9.85 Å². The molecule has 1 aliphatic heterocycles. The molecule has 13 heteroatoms. The summed E-state index contributed by atoms with van der Waals surface area (Å²) >= 11 is 1.90. The van der Waals surface area contributed by atoms with E-state index in [2.05, 4.69) is 0 Å². The minimum atomic E-state index is -0.805. The molecule has 4 rings (SSSR count). The van der Waals surface area contributed by atoms with Gasteiger partial charge in [-0.2, -0.15) is 8.61 Å². The molecule has 2 aromatic carbocycles. The van der Waals surface area contributed by atoms with Gasteiger partial charge < -0.3 is 0 Å². The van der Waals surface area contributed by atoms with Crippen molar-refractivity contribution >= 4 is 58.7 Å². The molecule has 2 aromatic rings. The third-order valence-electron chi connectivity index (χ3n) is 5.17. The molecule has 4 amide bonds. The number of hydrogen-bond donors (Lipinski definition) is 0. The van der Waals surface area contributed by atoms with Gasteiger partial charge in [-0.05, 0) is 58.3 Å². The van der Waals surface area contributed by atoms with Gasteiger partial charge in [-0.1, -0.05) is 13.8 Å². The molecule has 0 radical (unpaired) electrons. The van der Waals surface area contributed by atoms with E-state index in [4.69, 9.17) is 0 Å². The zero-order chi connectivity index (χ0) is 24.7. The van der Waals surface area contributed by atoms with Crippen molar-refractivity contribution in [3.05, 3.63) is 73.3 Å². The fourth-order valence-electron chi connectivity index (χ4n) is 3.84. The Labute approximate surface area is 201 Å². The van der Waals surface area contributed by atoms with Crippen molar-refractivity contribution in [1.29, 1.82) is 0 Å². The van der Waals surface area contributed by atoms with Crippen LogP contribution < -0.4 is 0 Å². The normalized spacial score (nSPS) is 15.1. The number of nitro benzene ring substituents is 2. The lowest BCUT2D eigenvalue weighted by molar-refractivity contribution is -0.385. The molecule has 1 saturated heterocycles. The van der Waals surface area contributed by atoms with Gasteiger partial charge in [0.25, 0.3) is 23.2 Å². The first-order chi connectivity index (χ1) is 16.2. The van der Waals surface area contributed by atoms with E-state index in [1.54, 1.807) is 13.8 Å². The molecule has 1 fully saturated rings. The molecule has 34 heavy (non-hydrogen) atoms. The van der Waals surface area contributed by atoms with E-state index in [1.165, 1.54) is 36.4 Å². The molecule has 2 aliphatic rings. The molecule has 0 saturated carbocycles. The number of barbiturate groups is 1. The second kappa shape index (κ2) is 8.91. The highest BCUT2D eigenvalue weighted by molar-refractivity contribution is 7.99. The minimum absolute atomic E-state index is 0.181. The van der Waals surface area contributed by atoms with E-state index in [0.717, 1.165) is 32.5 Å². The predicted octanol–water partition coefficient (Wildman–Crippen LogP) is 4.41. The Morgan fingerprint density at radius 1 is 0.706 bits per heavy atom. The Kier molecular flexibility index (Phi) is 6.15. The van der Waals surface area contributed by atoms with E-state index >= 15 is 0 Å². The monoisotopic (exact) mass is 500 g/mol. The fraction of sp³-hybridized carbons (Fsp3) is 0.190. The van der Waals surface area contributed by atoms with Crippen LogP contribution in [0.15, 0.2) is 42.0 Å². The fourth-order valence-corrected chi connectivity index (χ4v) is 5.21. The molecule has 11 nitrogen and oxygen atoms in total. The van der Waals surface area contributed by atoms with Gasteiger partial charge in [0.15, 0.2) is 0 Å². The summed E-state index contributed by atoms with van der Waals surface area (Å²) in [5, 5.41) is 22.7. The van der Waals surface area contributed by atoms with Crippen LogP contribution in [0.2, 0.25) is 0 Å². The average molecular weight is 501 g/mol. The van der Waals surface area contributed by atoms with Crippen LogP contribution in [0.1, 0.15) is 25.0 Å². The first-order valence-corrected chi connectivity index (χ1v) is 11.9. The molecular weight excluding hydrogens is 484 g/mol. The zero-order valence-corrected chi connectivity index (χ0v) is 19.5. The number of rotatable bonds is 6. The van der Waals surface area contributed by atoms with Crippen LogP contribution in [0.5, 0.6) is 0 Å². The molecule has 0 bridgehead atoms. The lowest BCUT2D eigenvalue weighted by atomic mass is 9.96. The van der Waals surface area contributed by atoms with Crippen LogP contribution in [0, 0.1) is 20.2 Å². The Morgan fingerprint density at radius 3 is 1.47 bits per heavy atom. The predicted molar refractivity (Wildman–Crippen MR) is 127 cm³/mol. The summed E-state index contributed by atoms with van der Waals surface area (Å²) in [6.07, 6.45) is 0. The number of hydrogen-bond acceptors (Lipinski definition) is 9. The van der Waals surface area contributed by atoms with Crippen molar-refractivity contribution in [2.45, 2.75) is 13.8 Å². The maximum Gasteiger partial charge on any atom is 0.354 e. The van der Waals surface area contributed by atoms with E-state index in [9.17, 15) is 34.6 Å². The SMILES string of the molecule is CCSN1C(=O)C(=C2c3ccc([N+](=O)[O-])cc3-c3cc([N+](=O)[O-])ccc32)C(=O)N(SCC)C1=O. The largest absolute Gasteiger partial charge is 0.354 e. The summed E-state index contributed by atoms with van der Waals surface area (Å²) < 4.78 is 1.83. The van der Waals surface area contributed by atoms with Gasteiger partial charge in [0, 0.05) is 41.3 Å². The number of non-ortho nitro benzene ring substituents is 2. The Hall–Kier alpha value is -3.71. The zero-order valence-electron chi connectivity index (χ0n) is 17.8. The van der Waals surface area contributed by atoms with Crippen LogP contribution in [0.4, 0.5) is 16.2 Å². The average Bonchev–Trinajstić information content (AvgIpc) is 3.12. The highest BCUT2D eigenvalue weighted by Gasteiger charge is 2.46. The Morgan fingerprint density at radius 2 is 1.12 bits per heavy atom. The number of nitrogens with zero attached hydrogens (tertiary/aromatic N) is 4. The molecule has 0 spiro atoms. The number of nitro groups is 2. The number of carbonyl (C=O) groups excluding carboxylic acids is 3. The molecule has 0 aromatic heterocycles. The topological polar surface area (TPSA) is 144 Å². The first kappa shape index (κ1) is 23.4. The molecule has 174 valence electrons. The van der Waals surface area contributed by atoms with Gasteiger partial charge in [-0.3, -0.25) is 29.8 Å².